The highest BCUT2D eigenvalue weighted by Crippen LogP contribution is 2.23. The maximum absolute atomic E-state index is 5.38. The zero-order valence-electron chi connectivity index (χ0n) is 13.8. The number of rotatable bonds is 7. The topological polar surface area (TPSA) is 24.5 Å². The third-order valence-corrected chi connectivity index (χ3v) is 5.03. The molecule has 0 aromatic carbocycles. The lowest BCUT2D eigenvalue weighted by Gasteiger charge is -2.47. The third kappa shape index (κ3) is 4.44. The Kier molecular flexibility index (Phi) is 7.33. The van der Waals surface area contributed by atoms with Crippen LogP contribution in [-0.4, -0.2) is 49.8 Å². The Balaban J connectivity index is 2.73. The Hall–Kier alpha value is -0.120. The van der Waals surface area contributed by atoms with E-state index in [1.165, 1.54) is 12.8 Å². The van der Waals surface area contributed by atoms with Crippen molar-refractivity contribution in [2.75, 3.05) is 26.8 Å². The van der Waals surface area contributed by atoms with E-state index in [1.807, 2.05) is 7.11 Å². The van der Waals surface area contributed by atoms with E-state index in [-0.39, 0.29) is 0 Å². The zero-order chi connectivity index (χ0) is 14.4. The average Bonchev–Trinajstić information content (AvgIpc) is 2.45. The van der Waals surface area contributed by atoms with Gasteiger partial charge in [0.2, 0.25) is 0 Å². The van der Waals surface area contributed by atoms with E-state index in [9.17, 15) is 0 Å². The standard InChI is InChI=1S/C16H34N2O/c1-7-12(3)15-10-18(14(5)11-19-6)16(9-17-15)13(4)8-2/h12-17H,7-11H2,1-6H3. The molecule has 0 aliphatic carbocycles. The molecule has 114 valence electrons. The predicted octanol–water partition coefficient (Wildman–Crippen LogP) is 2.76. The fraction of sp³-hybridized carbons (Fsp3) is 1.00. The van der Waals surface area contributed by atoms with Crippen molar-refractivity contribution in [1.82, 2.24) is 10.2 Å². The third-order valence-electron chi connectivity index (χ3n) is 5.03. The number of piperazine rings is 1. The zero-order valence-corrected chi connectivity index (χ0v) is 13.8. The van der Waals surface area contributed by atoms with Crippen molar-refractivity contribution in [2.45, 2.75) is 65.6 Å². The van der Waals surface area contributed by atoms with Crippen molar-refractivity contribution < 1.29 is 4.74 Å². The van der Waals surface area contributed by atoms with Gasteiger partial charge in [-0.05, 0) is 18.8 Å². The summed E-state index contributed by atoms with van der Waals surface area (Å²) in [5.41, 5.74) is 0. The van der Waals surface area contributed by atoms with Crippen LogP contribution >= 0.6 is 0 Å². The summed E-state index contributed by atoms with van der Waals surface area (Å²) < 4.78 is 5.38. The van der Waals surface area contributed by atoms with E-state index in [2.05, 4.69) is 44.8 Å². The SMILES string of the molecule is CCC(C)C1CN(C(C)COC)C(C(C)CC)CN1. The van der Waals surface area contributed by atoms with Crippen LogP contribution < -0.4 is 5.32 Å². The van der Waals surface area contributed by atoms with Gasteiger partial charge in [-0.15, -0.1) is 0 Å². The highest BCUT2D eigenvalue weighted by Gasteiger charge is 2.34. The van der Waals surface area contributed by atoms with Crippen molar-refractivity contribution in [2.24, 2.45) is 11.8 Å². The summed E-state index contributed by atoms with van der Waals surface area (Å²) in [5.74, 6) is 1.49. The van der Waals surface area contributed by atoms with Gasteiger partial charge in [0.1, 0.15) is 0 Å². The van der Waals surface area contributed by atoms with Gasteiger partial charge in [-0.1, -0.05) is 40.5 Å². The minimum atomic E-state index is 0.512. The van der Waals surface area contributed by atoms with Crippen LogP contribution in [0.5, 0.6) is 0 Å². The molecule has 1 rings (SSSR count). The van der Waals surface area contributed by atoms with Gasteiger partial charge in [0.05, 0.1) is 6.61 Å². The lowest BCUT2D eigenvalue weighted by Crippen LogP contribution is -2.62. The van der Waals surface area contributed by atoms with Crippen LogP contribution in [-0.2, 0) is 4.74 Å². The largest absolute Gasteiger partial charge is 0.383 e. The van der Waals surface area contributed by atoms with E-state index in [1.54, 1.807) is 0 Å². The van der Waals surface area contributed by atoms with Gasteiger partial charge in [-0.3, -0.25) is 4.90 Å². The number of hydrogen-bond acceptors (Lipinski definition) is 3. The monoisotopic (exact) mass is 270 g/mol. The first-order valence-corrected chi connectivity index (χ1v) is 8.03. The van der Waals surface area contributed by atoms with Crippen LogP contribution in [0.25, 0.3) is 0 Å². The summed E-state index contributed by atoms with van der Waals surface area (Å²) in [4.78, 5) is 2.69. The van der Waals surface area contributed by atoms with Crippen LogP contribution in [0.2, 0.25) is 0 Å². The van der Waals surface area contributed by atoms with Crippen molar-refractivity contribution >= 4 is 0 Å². The predicted molar refractivity (Wildman–Crippen MR) is 82.5 cm³/mol. The van der Waals surface area contributed by atoms with Crippen molar-refractivity contribution in [3.8, 4) is 0 Å². The molecule has 1 heterocycles. The molecule has 1 N–H and O–H groups in total. The molecule has 3 nitrogen and oxygen atoms in total. The van der Waals surface area contributed by atoms with Crippen LogP contribution in [0.1, 0.15) is 47.5 Å². The molecule has 0 aromatic heterocycles. The average molecular weight is 270 g/mol. The van der Waals surface area contributed by atoms with Crippen LogP contribution in [0.3, 0.4) is 0 Å². The van der Waals surface area contributed by atoms with E-state index >= 15 is 0 Å². The van der Waals surface area contributed by atoms with Gasteiger partial charge >= 0.3 is 0 Å². The van der Waals surface area contributed by atoms with Crippen molar-refractivity contribution in [3.05, 3.63) is 0 Å². The Labute approximate surface area is 120 Å². The molecule has 0 radical (unpaired) electrons. The molecular weight excluding hydrogens is 236 g/mol. The number of ether oxygens (including phenoxy) is 1. The van der Waals surface area contributed by atoms with E-state index in [0.717, 1.165) is 31.5 Å². The Morgan fingerprint density at radius 2 is 1.79 bits per heavy atom. The van der Waals surface area contributed by atoms with E-state index < -0.39 is 0 Å². The summed E-state index contributed by atoms with van der Waals surface area (Å²) in [7, 11) is 1.81. The Morgan fingerprint density at radius 1 is 1.16 bits per heavy atom. The second-order valence-electron chi connectivity index (χ2n) is 6.35. The van der Waals surface area contributed by atoms with Crippen LogP contribution in [0.4, 0.5) is 0 Å². The molecule has 0 bridgehead atoms. The van der Waals surface area contributed by atoms with Crippen LogP contribution in [0.15, 0.2) is 0 Å². The molecule has 1 aliphatic heterocycles. The summed E-state index contributed by atoms with van der Waals surface area (Å²) in [6, 6.07) is 1.79. The first kappa shape index (κ1) is 16.9. The molecule has 5 unspecified atom stereocenters. The highest BCUT2D eigenvalue weighted by molar-refractivity contribution is 4.92. The lowest BCUT2D eigenvalue weighted by atomic mass is 9.89. The maximum atomic E-state index is 5.38. The van der Waals surface area contributed by atoms with Gasteiger partial charge < -0.3 is 10.1 Å². The van der Waals surface area contributed by atoms with Crippen LogP contribution in [0, 0.1) is 11.8 Å². The molecular formula is C16H34N2O. The second-order valence-corrected chi connectivity index (χ2v) is 6.35. The molecule has 1 saturated heterocycles. The van der Waals surface area contributed by atoms with Gasteiger partial charge in [0.15, 0.2) is 0 Å². The van der Waals surface area contributed by atoms with E-state index in [0.29, 0.717) is 18.1 Å². The van der Waals surface area contributed by atoms with Gasteiger partial charge in [0, 0.05) is 38.3 Å². The number of hydrogen-bond donors (Lipinski definition) is 1. The summed E-state index contributed by atoms with van der Waals surface area (Å²) in [5, 5.41) is 3.78. The fourth-order valence-corrected chi connectivity index (χ4v) is 3.13. The summed E-state index contributed by atoms with van der Waals surface area (Å²) in [6.07, 6.45) is 2.49. The maximum Gasteiger partial charge on any atom is 0.0615 e. The van der Waals surface area contributed by atoms with Crippen molar-refractivity contribution in [1.29, 1.82) is 0 Å². The van der Waals surface area contributed by atoms with E-state index in [4.69, 9.17) is 4.74 Å². The summed E-state index contributed by atoms with van der Waals surface area (Å²) >= 11 is 0. The quantitative estimate of drug-likeness (QED) is 0.770. The minimum absolute atomic E-state index is 0.512. The molecule has 0 aromatic rings. The fourth-order valence-electron chi connectivity index (χ4n) is 3.13. The second kappa shape index (κ2) is 8.23. The Morgan fingerprint density at radius 3 is 2.32 bits per heavy atom. The molecule has 1 fully saturated rings. The molecule has 0 saturated carbocycles. The normalized spacial score (nSPS) is 30.0. The number of nitrogens with one attached hydrogen (secondary N) is 1. The smallest absolute Gasteiger partial charge is 0.0615 e. The number of nitrogens with zero attached hydrogens (tertiary/aromatic N) is 1. The first-order valence-electron chi connectivity index (χ1n) is 8.03. The molecule has 5 atom stereocenters. The lowest BCUT2D eigenvalue weighted by molar-refractivity contribution is 0.0124. The number of methoxy groups -OCH3 is 1. The first-order chi connectivity index (χ1) is 9.04. The minimum Gasteiger partial charge on any atom is -0.383 e. The van der Waals surface area contributed by atoms with Crippen molar-refractivity contribution in [3.63, 3.8) is 0 Å². The molecule has 3 heteroatoms. The molecule has 19 heavy (non-hydrogen) atoms. The van der Waals surface area contributed by atoms with Gasteiger partial charge in [-0.25, -0.2) is 0 Å². The van der Waals surface area contributed by atoms with Gasteiger partial charge in [-0.2, -0.15) is 0 Å². The van der Waals surface area contributed by atoms with Gasteiger partial charge in [0.25, 0.3) is 0 Å². The molecule has 0 amide bonds. The molecule has 0 spiro atoms. The molecule has 1 aliphatic rings. The Bertz CT molecular complexity index is 247. The highest BCUT2D eigenvalue weighted by atomic mass is 16.5. The summed E-state index contributed by atoms with van der Waals surface area (Å²) in [6.45, 7) is 14.7.